The predicted molar refractivity (Wildman–Crippen MR) is 40.5 cm³/mol. The quantitative estimate of drug-likeness (QED) is 0.353. The molecule has 0 saturated carbocycles. The lowest BCUT2D eigenvalue weighted by molar-refractivity contribution is -0.135. The first-order chi connectivity index (χ1) is 5.13. The Kier molecular flexibility index (Phi) is 3.88. The van der Waals surface area contributed by atoms with Gasteiger partial charge < -0.3 is 4.74 Å². The van der Waals surface area contributed by atoms with Gasteiger partial charge in [-0.15, -0.1) is 0 Å². The lowest BCUT2D eigenvalue weighted by atomic mass is 10.2. The molecule has 0 unspecified atom stereocenters. The maximum Gasteiger partial charge on any atom is 0.340 e. The standard InChI is InChI=1S/C8H9FO2/c1-4-5-7(6(2)9)8(10)11-3/h4-5H,1-2H2,3H3/b7-5+. The Morgan fingerprint density at radius 2 is 2.18 bits per heavy atom. The number of carbonyl (C=O) groups excluding carboxylic acids is 1. The van der Waals surface area contributed by atoms with Crippen molar-refractivity contribution in [2.24, 2.45) is 0 Å². The molecule has 60 valence electrons. The number of methoxy groups -OCH3 is 1. The third kappa shape index (κ3) is 2.80. The summed E-state index contributed by atoms with van der Waals surface area (Å²) in [5.74, 6) is -1.57. The zero-order valence-electron chi connectivity index (χ0n) is 6.26. The molecule has 0 N–H and O–H groups in total. The van der Waals surface area contributed by atoms with Crippen molar-refractivity contribution < 1.29 is 13.9 Å². The van der Waals surface area contributed by atoms with Crippen LogP contribution in [0.15, 0.2) is 36.7 Å². The van der Waals surface area contributed by atoms with E-state index in [1.165, 1.54) is 19.3 Å². The molecule has 3 heteroatoms. The second kappa shape index (κ2) is 4.44. The minimum atomic E-state index is -0.822. The topological polar surface area (TPSA) is 26.3 Å². The molecule has 0 saturated heterocycles. The Morgan fingerprint density at radius 1 is 1.64 bits per heavy atom. The zero-order valence-corrected chi connectivity index (χ0v) is 6.26. The van der Waals surface area contributed by atoms with Crippen LogP contribution in [0.3, 0.4) is 0 Å². The molecule has 2 nitrogen and oxygen atoms in total. The number of carbonyl (C=O) groups is 1. The van der Waals surface area contributed by atoms with Gasteiger partial charge in [-0.25, -0.2) is 9.18 Å². The smallest absolute Gasteiger partial charge is 0.340 e. The second-order valence-electron chi connectivity index (χ2n) is 1.71. The lowest BCUT2D eigenvalue weighted by Gasteiger charge is -1.98. The minimum Gasteiger partial charge on any atom is -0.465 e. The van der Waals surface area contributed by atoms with Gasteiger partial charge in [0.1, 0.15) is 5.83 Å². The molecule has 0 aromatic rings. The fourth-order valence-electron chi connectivity index (χ4n) is 0.497. The van der Waals surface area contributed by atoms with Gasteiger partial charge in [0.25, 0.3) is 0 Å². The van der Waals surface area contributed by atoms with Crippen molar-refractivity contribution in [1.82, 2.24) is 0 Å². The summed E-state index contributed by atoms with van der Waals surface area (Å²) < 4.78 is 16.6. The molecule has 11 heavy (non-hydrogen) atoms. The van der Waals surface area contributed by atoms with Crippen LogP contribution in [0.25, 0.3) is 0 Å². The number of rotatable bonds is 3. The molecule has 0 aliphatic heterocycles. The SMILES string of the molecule is C=C/C=C(\C(=C)F)C(=O)OC. The van der Waals surface area contributed by atoms with E-state index in [0.717, 1.165) is 0 Å². The summed E-state index contributed by atoms with van der Waals surface area (Å²) in [6, 6.07) is 0. The molecule has 0 radical (unpaired) electrons. The van der Waals surface area contributed by atoms with Crippen LogP contribution in [0.2, 0.25) is 0 Å². The Morgan fingerprint density at radius 3 is 2.45 bits per heavy atom. The largest absolute Gasteiger partial charge is 0.465 e. The van der Waals surface area contributed by atoms with Gasteiger partial charge >= 0.3 is 5.97 Å². The zero-order chi connectivity index (χ0) is 8.85. The van der Waals surface area contributed by atoms with Gasteiger partial charge in [0.2, 0.25) is 0 Å². The average molecular weight is 156 g/mol. The third-order valence-corrected chi connectivity index (χ3v) is 0.982. The molecule has 0 atom stereocenters. The van der Waals surface area contributed by atoms with Crippen LogP contribution < -0.4 is 0 Å². The Hall–Kier alpha value is -1.38. The number of hydrogen-bond acceptors (Lipinski definition) is 2. The lowest BCUT2D eigenvalue weighted by Crippen LogP contribution is -2.04. The Bertz CT molecular complexity index is 216. The summed E-state index contributed by atoms with van der Waals surface area (Å²) >= 11 is 0. The second-order valence-corrected chi connectivity index (χ2v) is 1.71. The molecule has 0 heterocycles. The first kappa shape index (κ1) is 9.62. The Balaban J connectivity index is 4.61. The number of hydrogen-bond donors (Lipinski definition) is 0. The molecular formula is C8H9FO2. The van der Waals surface area contributed by atoms with Crippen LogP contribution in [0.1, 0.15) is 0 Å². The molecule has 0 amide bonds. The molecule has 0 spiro atoms. The van der Waals surface area contributed by atoms with Crippen molar-refractivity contribution in [3.05, 3.63) is 36.7 Å². The highest BCUT2D eigenvalue weighted by molar-refractivity contribution is 5.92. The summed E-state index contributed by atoms with van der Waals surface area (Å²) in [6.45, 7) is 6.27. The van der Waals surface area contributed by atoms with E-state index in [4.69, 9.17) is 0 Å². The monoisotopic (exact) mass is 156 g/mol. The van der Waals surface area contributed by atoms with E-state index in [-0.39, 0.29) is 5.57 Å². The first-order valence-corrected chi connectivity index (χ1v) is 2.89. The highest BCUT2D eigenvalue weighted by Gasteiger charge is 2.11. The minimum absolute atomic E-state index is 0.206. The summed E-state index contributed by atoms with van der Waals surface area (Å²) in [6.07, 6.45) is 2.49. The van der Waals surface area contributed by atoms with Crippen molar-refractivity contribution in [3.8, 4) is 0 Å². The van der Waals surface area contributed by atoms with Crippen LogP contribution in [0.4, 0.5) is 4.39 Å². The number of ether oxygens (including phenoxy) is 1. The number of allylic oxidation sites excluding steroid dienone is 2. The van der Waals surface area contributed by atoms with E-state index < -0.39 is 11.8 Å². The van der Waals surface area contributed by atoms with Gasteiger partial charge in [-0.2, -0.15) is 0 Å². The average Bonchev–Trinajstić information content (AvgIpc) is 1.98. The van der Waals surface area contributed by atoms with Crippen LogP contribution in [0.5, 0.6) is 0 Å². The van der Waals surface area contributed by atoms with Crippen LogP contribution in [0, 0.1) is 0 Å². The van der Waals surface area contributed by atoms with Crippen molar-refractivity contribution >= 4 is 5.97 Å². The van der Waals surface area contributed by atoms with Gasteiger partial charge in [0, 0.05) is 0 Å². The van der Waals surface area contributed by atoms with Crippen molar-refractivity contribution in [1.29, 1.82) is 0 Å². The summed E-state index contributed by atoms with van der Waals surface area (Å²) in [5.41, 5.74) is -0.206. The van der Waals surface area contributed by atoms with Gasteiger partial charge in [-0.05, 0) is 6.08 Å². The summed E-state index contributed by atoms with van der Waals surface area (Å²) in [5, 5.41) is 0. The number of esters is 1. The Labute approximate surface area is 64.7 Å². The molecule has 0 aliphatic rings. The van der Waals surface area contributed by atoms with Gasteiger partial charge in [0.05, 0.1) is 12.7 Å². The van der Waals surface area contributed by atoms with E-state index in [1.54, 1.807) is 0 Å². The van der Waals surface area contributed by atoms with E-state index in [0.29, 0.717) is 0 Å². The van der Waals surface area contributed by atoms with Gasteiger partial charge in [-0.3, -0.25) is 0 Å². The molecule has 0 rings (SSSR count). The highest BCUT2D eigenvalue weighted by Crippen LogP contribution is 2.10. The van der Waals surface area contributed by atoms with Crippen molar-refractivity contribution in [3.63, 3.8) is 0 Å². The third-order valence-electron chi connectivity index (χ3n) is 0.982. The summed E-state index contributed by atoms with van der Waals surface area (Å²) in [4.78, 5) is 10.7. The van der Waals surface area contributed by atoms with Crippen LogP contribution >= 0.6 is 0 Å². The van der Waals surface area contributed by atoms with E-state index in [1.807, 2.05) is 0 Å². The normalized spacial score (nSPS) is 10.5. The molecule has 0 aromatic heterocycles. The van der Waals surface area contributed by atoms with Gasteiger partial charge in [0.15, 0.2) is 0 Å². The molecule has 0 aliphatic carbocycles. The maximum absolute atomic E-state index is 12.4. The van der Waals surface area contributed by atoms with Crippen LogP contribution in [-0.2, 0) is 9.53 Å². The summed E-state index contributed by atoms with van der Waals surface area (Å²) in [7, 11) is 1.17. The van der Waals surface area contributed by atoms with Crippen molar-refractivity contribution in [2.45, 2.75) is 0 Å². The maximum atomic E-state index is 12.4. The fourth-order valence-corrected chi connectivity index (χ4v) is 0.497. The van der Waals surface area contributed by atoms with Gasteiger partial charge in [-0.1, -0.05) is 19.2 Å². The fraction of sp³-hybridized carbons (Fsp3) is 0.125. The van der Waals surface area contributed by atoms with E-state index in [2.05, 4.69) is 17.9 Å². The van der Waals surface area contributed by atoms with Crippen molar-refractivity contribution in [2.75, 3.05) is 7.11 Å². The molecular weight excluding hydrogens is 147 g/mol. The first-order valence-electron chi connectivity index (χ1n) is 2.89. The van der Waals surface area contributed by atoms with E-state index in [9.17, 15) is 9.18 Å². The molecule has 0 bridgehead atoms. The number of halogens is 1. The highest BCUT2D eigenvalue weighted by atomic mass is 19.1. The molecule has 0 aromatic carbocycles. The predicted octanol–water partition coefficient (Wildman–Crippen LogP) is 1.75. The van der Waals surface area contributed by atoms with Crippen LogP contribution in [-0.4, -0.2) is 13.1 Å². The molecule has 0 fully saturated rings. The van der Waals surface area contributed by atoms with E-state index >= 15 is 0 Å².